The Balaban J connectivity index is 1.47. The first-order chi connectivity index (χ1) is 15.8. The second-order valence-electron chi connectivity index (χ2n) is 8.34. The number of carbonyl (C=O) groups is 1. The Morgan fingerprint density at radius 2 is 1.70 bits per heavy atom. The van der Waals surface area contributed by atoms with E-state index in [1.807, 2.05) is 63.2 Å². The van der Waals surface area contributed by atoms with Gasteiger partial charge < -0.3 is 10.6 Å². The highest BCUT2D eigenvalue weighted by Crippen LogP contribution is 2.20. The number of nitrogens with zero attached hydrogens (tertiary/aromatic N) is 3. The lowest BCUT2D eigenvalue weighted by Crippen LogP contribution is -2.24. The second kappa shape index (κ2) is 9.28. The summed E-state index contributed by atoms with van der Waals surface area (Å²) in [4.78, 5) is 34.4. The number of fused-ring (bicyclic) bond motifs is 1. The highest BCUT2D eigenvalue weighted by Gasteiger charge is 2.15. The number of benzene rings is 2. The molecule has 8 nitrogen and oxygen atoms in total. The Hall–Kier alpha value is -3.94. The molecule has 0 unspecified atom stereocenters. The Labute approximate surface area is 192 Å². The van der Waals surface area contributed by atoms with Crippen LogP contribution in [0.25, 0.3) is 5.78 Å². The third kappa shape index (κ3) is 4.95. The van der Waals surface area contributed by atoms with Crippen molar-refractivity contribution in [1.29, 1.82) is 0 Å². The fraction of sp³-hybridized carbons (Fsp3) is 0.280. The van der Waals surface area contributed by atoms with Gasteiger partial charge in [0.1, 0.15) is 0 Å². The van der Waals surface area contributed by atoms with Gasteiger partial charge in [-0.2, -0.15) is 9.50 Å². The lowest BCUT2D eigenvalue weighted by molar-refractivity contribution is -0.116. The van der Waals surface area contributed by atoms with Crippen molar-refractivity contribution in [2.24, 2.45) is 0 Å². The second-order valence-corrected chi connectivity index (χ2v) is 8.34. The number of nitrogens with one attached hydrogen (secondary N) is 3. The van der Waals surface area contributed by atoms with E-state index in [1.54, 1.807) is 6.92 Å². The van der Waals surface area contributed by atoms with E-state index in [1.165, 1.54) is 10.1 Å². The fourth-order valence-corrected chi connectivity index (χ4v) is 3.77. The standard InChI is InChI=1S/C25H28N6O2/c1-15-8-10-19(11-9-15)14-26-24-29-25-27-18(4)20(23(33)31(25)30-24)12-13-21(32)28-22-16(2)6-5-7-17(22)3/h5-11H,12-14H2,1-4H3,(H,28,32)(H2,26,27,29,30). The number of para-hydroxylation sites is 1. The summed E-state index contributed by atoms with van der Waals surface area (Å²) in [6.45, 7) is 8.30. The van der Waals surface area contributed by atoms with E-state index in [0.29, 0.717) is 35.9 Å². The van der Waals surface area contributed by atoms with Gasteiger partial charge in [0.15, 0.2) is 0 Å². The molecule has 4 aromatic rings. The van der Waals surface area contributed by atoms with Crippen molar-refractivity contribution in [2.45, 2.75) is 47.1 Å². The molecule has 1 amide bonds. The van der Waals surface area contributed by atoms with Crippen molar-refractivity contribution in [3.63, 3.8) is 0 Å². The fourth-order valence-electron chi connectivity index (χ4n) is 3.77. The summed E-state index contributed by atoms with van der Waals surface area (Å²) in [7, 11) is 0. The molecule has 0 fully saturated rings. The van der Waals surface area contributed by atoms with Crippen LogP contribution in [0.15, 0.2) is 47.3 Å². The van der Waals surface area contributed by atoms with Crippen LogP contribution in [-0.4, -0.2) is 25.5 Å². The van der Waals surface area contributed by atoms with Crippen LogP contribution in [0.5, 0.6) is 0 Å². The minimum absolute atomic E-state index is 0.138. The summed E-state index contributed by atoms with van der Waals surface area (Å²) in [5.74, 6) is 0.624. The van der Waals surface area contributed by atoms with Gasteiger partial charge >= 0.3 is 0 Å². The third-order valence-electron chi connectivity index (χ3n) is 5.72. The van der Waals surface area contributed by atoms with E-state index >= 15 is 0 Å². The summed E-state index contributed by atoms with van der Waals surface area (Å²) in [6.07, 6.45) is 0.479. The van der Waals surface area contributed by atoms with E-state index in [0.717, 1.165) is 22.4 Å². The average Bonchev–Trinajstić information content (AvgIpc) is 3.19. The van der Waals surface area contributed by atoms with Crippen LogP contribution in [-0.2, 0) is 17.8 Å². The molecule has 0 aliphatic carbocycles. The molecule has 33 heavy (non-hydrogen) atoms. The molecule has 0 aliphatic heterocycles. The molecule has 0 bridgehead atoms. The zero-order valence-corrected chi connectivity index (χ0v) is 19.3. The van der Waals surface area contributed by atoms with Crippen molar-refractivity contribution in [3.05, 3.63) is 86.3 Å². The van der Waals surface area contributed by atoms with Gasteiger partial charge in [-0.25, -0.2) is 4.98 Å². The molecule has 0 radical (unpaired) electrons. The number of carbonyl (C=O) groups excluding carboxylic acids is 1. The number of hydrogen-bond acceptors (Lipinski definition) is 5. The third-order valence-corrected chi connectivity index (χ3v) is 5.72. The quantitative estimate of drug-likeness (QED) is 0.402. The van der Waals surface area contributed by atoms with Gasteiger partial charge in [-0.05, 0) is 50.8 Å². The monoisotopic (exact) mass is 444 g/mol. The van der Waals surface area contributed by atoms with Crippen LogP contribution in [0.1, 0.15) is 39.9 Å². The minimum atomic E-state index is -0.242. The van der Waals surface area contributed by atoms with Crippen LogP contribution in [0.3, 0.4) is 0 Å². The van der Waals surface area contributed by atoms with Crippen LogP contribution in [0.2, 0.25) is 0 Å². The first-order valence-electron chi connectivity index (χ1n) is 11.0. The maximum Gasteiger partial charge on any atom is 0.277 e. The first kappa shape index (κ1) is 22.3. The van der Waals surface area contributed by atoms with Crippen LogP contribution in [0.4, 0.5) is 11.6 Å². The van der Waals surface area contributed by atoms with Crippen LogP contribution in [0, 0.1) is 27.7 Å². The number of rotatable bonds is 7. The average molecular weight is 445 g/mol. The lowest BCUT2D eigenvalue weighted by atomic mass is 10.1. The molecule has 0 saturated heterocycles. The number of aryl methyl sites for hydroxylation is 4. The van der Waals surface area contributed by atoms with Gasteiger partial charge in [0.05, 0.1) is 5.69 Å². The van der Waals surface area contributed by atoms with Crippen molar-refractivity contribution >= 4 is 23.3 Å². The maximum atomic E-state index is 13.0. The maximum absolute atomic E-state index is 13.0. The van der Waals surface area contributed by atoms with E-state index in [-0.39, 0.29) is 17.9 Å². The van der Waals surface area contributed by atoms with Gasteiger partial charge in [0, 0.05) is 24.2 Å². The SMILES string of the molecule is Cc1ccc(CNc2nc3nc(C)c(CCC(=O)Nc4c(C)cccc4C)c(=O)n3[nH]2)cc1. The van der Waals surface area contributed by atoms with Gasteiger partial charge in [-0.1, -0.05) is 48.0 Å². The molecule has 3 N–H and O–H groups in total. The Kier molecular flexibility index (Phi) is 6.26. The van der Waals surface area contributed by atoms with Crippen molar-refractivity contribution in [2.75, 3.05) is 10.6 Å². The number of hydrogen-bond donors (Lipinski definition) is 3. The molecule has 2 aromatic carbocycles. The highest BCUT2D eigenvalue weighted by atomic mass is 16.1. The Morgan fingerprint density at radius 3 is 2.39 bits per heavy atom. The molecule has 2 aromatic heterocycles. The smallest absolute Gasteiger partial charge is 0.277 e. The lowest BCUT2D eigenvalue weighted by Gasteiger charge is -2.11. The summed E-state index contributed by atoms with van der Waals surface area (Å²) in [5.41, 5.74) is 5.97. The molecule has 0 atom stereocenters. The number of amides is 1. The summed E-state index contributed by atoms with van der Waals surface area (Å²) in [5, 5.41) is 9.13. The molecule has 8 heteroatoms. The van der Waals surface area contributed by atoms with Crippen LogP contribution >= 0.6 is 0 Å². The van der Waals surface area contributed by atoms with Crippen molar-refractivity contribution in [1.82, 2.24) is 19.6 Å². The minimum Gasteiger partial charge on any atom is -0.351 e. The van der Waals surface area contributed by atoms with Gasteiger partial charge in [0.2, 0.25) is 11.9 Å². The normalized spacial score (nSPS) is 11.0. The van der Waals surface area contributed by atoms with Gasteiger partial charge in [-0.3, -0.25) is 14.7 Å². The highest BCUT2D eigenvalue weighted by molar-refractivity contribution is 5.92. The van der Waals surface area contributed by atoms with Gasteiger partial charge in [0.25, 0.3) is 11.3 Å². The zero-order chi connectivity index (χ0) is 23.5. The summed E-state index contributed by atoms with van der Waals surface area (Å²) < 4.78 is 1.32. The number of anilines is 2. The van der Waals surface area contributed by atoms with E-state index in [9.17, 15) is 9.59 Å². The van der Waals surface area contributed by atoms with E-state index in [2.05, 4.69) is 25.7 Å². The summed E-state index contributed by atoms with van der Waals surface area (Å²) in [6, 6.07) is 14.1. The Bertz CT molecular complexity index is 1350. The molecule has 0 saturated carbocycles. The molecule has 0 aliphatic rings. The predicted octanol–water partition coefficient (Wildman–Crippen LogP) is 3.83. The number of H-pyrrole nitrogens is 1. The first-order valence-corrected chi connectivity index (χ1v) is 11.0. The number of aromatic nitrogens is 4. The molecular formula is C25H28N6O2. The molecule has 4 rings (SSSR count). The predicted molar refractivity (Wildman–Crippen MR) is 130 cm³/mol. The van der Waals surface area contributed by atoms with E-state index in [4.69, 9.17) is 0 Å². The van der Waals surface area contributed by atoms with Crippen molar-refractivity contribution < 1.29 is 4.79 Å². The van der Waals surface area contributed by atoms with Crippen molar-refractivity contribution in [3.8, 4) is 0 Å². The summed E-state index contributed by atoms with van der Waals surface area (Å²) >= 11 is 0. The molecule has 0 spiro atoms. The van der Waals surface area contributed by atoms with E-state index < -0.39 is 0 Å². The van der Waals surface area contributed by atoms with Crippen LogP contribution < -0.4 is 16.2 Å². The topological polar surface area (TPSA) is 104 Å². The Morgan fingerprint density at radius 1 is 1.00 bits per heavy atom. The zero-order valence-electron chi connectivity index (χ0n) is 19.3. The number of aromatic amines is 1. The largest absolute Gasteiger partial charge is 0.351 e. The molecular weight excluding hydrogens is 416 g/mol. The molecule has 170 valence electrons. The van der Waals surface area contributed by atoms with Gasteiger partial charge in [-0.15, -0.1) is 0 Å². The molecule has 2 heterocycles.